The van der Waals surface area contributed by atoms with E-state index in [1.54, 1.807) is 47.1 Å². The minimum absolute atomic E-state index is 0.186. The van der Waals surface area contributed by atoms with Crippen LogP contribution in [0.1, 0.15) is 43.7 Å². The van der Waals surface area contributed by atoms with Gasteiger partial charge in [0.2, 0.25) is 5.91 Å². The third kappa shape index (κ3) is 4.60. The molecule has 0 radical (unpaired) electrons. The van der Waals surface area contributed by atoms with Crippen LogP contribution in [0.25, 0.3) is 17.0 Å². The fourth-order valence-electron chi connectivity index (χ4n) is 3.50. The van der Waals surface area contributed by atoms with Crippen molar-refractivity contribution in [1.29, 1.82) is 0 Å². The highest BCUT2D eigenvalue weighted by Gasteiger charge is 2.24. The molecule has 4 rings (SSSR count). The van der Waals surface area contributed by atoms with Crippen molar-refractivity contribution in [1.82, 2.24) is 19.8 Å². The van der Waals surface area contributed by atoms with Gasteiger partial charge in [-0.3, -0.25) is 14.7 Å². The van der Waals surface area contributed by atoms with E-state index < -0.39 is 0 Å². The summed E-state index contributed by atoms with van der Waals surface area (Å²) in [6.07, 6.45) is 0. The number of ether oxygens (including phenoxy) is 1. The zero-order chi connectivity index (χ0) is 24.6. The number of anilines is 2. The Morgan fingerprint density at radius 3 is 2.53 bits per heavy atom. The number of rotatable bonds is 5. The standard InChI is InChI=1S/C24H25ClN6O3/c1-13(32)26-16-8-6-7-15(11-16)23(33)27-17-12-14(9-10-18(17)34-5)21-28-22-19(25)20(24(2,3)4)29-31(22)30-21/h6-12,29H,1-5H3,(H,26,32)(H,27,33). The van der Waals surface area contributed by atoms with Crippen LogP contribution in [0.2, 0.25) is 5.02 Å². The number of halogens is 1. The topological polar surface area (TPSA) is 113 Å². The Balaban J connectivity index is 1.65. The Morgan fingerprint density at radius 1 is 1.12 bits per heavy atom. The van der Waals surface area contributed by atoms with E-state index in [2.05, 4.69) is 46.6 Å². The molecule has 0 saturated heterocycles. The highest BCUT2D eigenvalue weighted by atomic mass is 35.5. The third-order valence-electron chi connectivity index (χ3n) is 5.14. The highest BCUT2D eigenvalue weighted by molar-refractivity contribution is 6.34. The summed E-state index contributed by atoms with van der Waals surface area (Å²) < 4.78 is 6.97. The van der Waals surface area contributed by atoms with Gasteiger partial charge in [0.1, 0.15) is 10.8 Å². The van der Waals surface area contributed by atoms with Crippen LogP contribution in [0.4, 0.5) is 11.4 Å². The van der Waals surface area contributed by atoms with Crippen molar-refractivity contribution in [2.75, 3.05) is 17.7 Å². The normalized spacial score (nSPS) is 11.5. The molecule has 0 fully saturated rings. The van der Waals surface area contributed by atoms with Gasteiger partial charge in [-0.1, -0.05) is 38.4 Å². The molecule has 2 amide bonds. The Hall–Kier alpha value is -3.85. The first-order chi connectivity index (χ1) is 16.1. The molecule has 2 heterocycles. The second kappa shape index (κ2) is 8.83. The summed E-state index contributed by atoms with van der Waals surface area (Å²) in [5, 5.41) is 13.8. The average molecular weight is 481 g/mol. The van der Waals surface area contributed by atoms with Gasteiger partial charge in [-0.05, 0) is 36.4 Å². The zero-order valence-electron chi connectivity index (χ0n) is 19.5. The number of aromatic nitrogens is 4. The quantitative estimate of drug-likeness (QED) is 0.376. The SMILES string of the molecule is COc1ccc(-c2nc3c(Cl)c(C(C)(C)C)[nH]n3n2)cc1NC(=O)c1cccc(NC(C)=O)c1. The number of methoxy groups -OCH3 is 1. The Kier molecular flexibility index (Phi) is 6.05. The van der Waals surface area contributed by atoms with E-state index >= 15 is 0 Å². The highest BCUT2D eigenvalue weighted by Crippen LogP contribution is 2.33. The first-order valence-corrected chi connectivity index (χ1v) is 11.0. The first-order valence-electron chi connectivity index (χ1n) is 10.6. The summed E-state index contributed by atoms with van der Waals surface area (Å²) in [6.45, 7) is 7.56. The van der Waals surface area contributed by atoms with E-state index in [9.17, 15) is 9.59 Å². The molecule has 2 aromatic carbocycles. The minimum atomic E-state index is -0.356. The summed E-state index contributed by atoms with van der Waals surface area (Å²) in [5.74, 6) is 0.350. The molecule has 0 saturated carbocycles. The van der Waals surface area contributed by atoms with Gasteiger partial charge in [0.05, 0.1) is 18.5 Å². The van der Waals surface area contributed by atoms with Gasteiger partial charge < -0.3 is 15.4 Å². The van der Waals surface area contributed by atoms with Crippen LogP contribution in [0, 0.1) is 0 Å². The molecular weight excluding hydrogens is 456 g/mol. The van der Waals surface area contributed by atoms with E-state index in [4.69, 9.17) is 16.3 Å². The van der Waals surface area contributed by atoms with Crippen molar-refractivity contribution >= 4 is 40.4 Å². The molecule has 176 valence electrons. The molecular formula is C24H25ClN6O3. The van der Waals surface area contributed by atoms with Crippen LogP contribution in [-0.2, 0) is 10.2 Å². The van der Waals surface area contributed by atoms with Gasteiger partial charge >= 0.3 is 0 Å². The Bertz CT molecular complexity index is 1400. The van der Waals surface area contributed by atoms with Gasteiger partial charge in [-0.2, -0.15) is 4.63 Å². The Labute approximate surface area is 201 Å². The second-order valence-corrected chi connectivity index (χ2v) is 9.23. The fourth-order valence-corrected chi connectivity index (χ4v) is 3.95. The molecule has 0 aliphatic rings. The van der Waals surface area contributed by atoms with Crippen molar-refractivity contribution < 1.29 is 14.3 Å². The molecule has 0 atom stereocenters. The van der Waals surface area contributed by atoms with E-state index in [-0.39, 0.29) is 17.2 Å². The van der Waals surface area contributed by atoms with Crippen molar-refractivity contribution in [2.45, 2.75) is 33.1 Å². The van der Waals surface area contributed by atoms with Crippen LogP contribution < -0.4 is 15.4 Å². The molecule has 0 spiro atoms. The smallest absolute Gasteiger partial charge is 0.255 e. The number of benzene rings is 2. The summed E-state index contributed by atoms with van der Waals surface area (Å²) in [4.78, 5) is 28.8. The number of nitrogens with one attached hydrogen (secondary N) is 3. The van der Waals surface area contributed by atoms with Crippen LogP contribution in [0.15, 0.2) is 42.5 Å². The van der Waals surface area contributed by atoms with Gasteiger partial charge in [0.15, 0.2) is 11.5 Å². The second-order valence-electron chi connectivity index (χ2n) is 8.85. The molecule has 4 aromatic rings. The molecule has 34 heavy (non-hydrogen) atoms. The summed E-state index contributed by atoms with van der Waals surface area (Å²) in [7, 11) is 1.52. The molecule has 0 aliphatic carbocycles. The molecule has 2 aromatic heterocycles. The van der Waals surface area contributed by atoms with E-state index in [0.29, 0.717) is 44.7 Å². The monoisotopic (exact) mass is 480 g/mol. The van der Waals surface area contributed by atoms with E-state index in [0.717, 1.165) is 5.69 Å². The van der Waals surface area contributed by atoms with Crippen molar-refractivity contribution in [3.63, 3.8) is 0 Å². The van der Waals surface area contributed by atoms with Crippen molar-refractivity contribution in [3.05, 3.63) is 58.7 Å². The van der Waals surface area contributed by atoms with Crippen LogP contribution in [0.5, 0.6) is 5.75 Å². The maximum atomic E-state index is 12.9. The van der Waals surface area contributed by atoms with E-state index in [1.807, 2.05) is 0 Å². The molecule has 0 bridgehead atoms. The number of hydrogen-bond donors (Lipinski definition) is 3. The largest absolute Gasteiger partial charge is 0.495 e. The number of nitrogens with zero attached hydrogens (tertiary/aromatic N) is 3. The Morgan fingerprint density at radius 2 is 1.88 bits per heavy atom. The lowest BCUT2D eigenvalue weighted by Gasteiger charge is -2.16. The van der Waals surface area contributed by atoms with E-state index in [1.165, 1.54) is 14.0 Å². The van der Waals surface area contributed by atoms with Gasteiger partial charge in [-0.25, -0.2) is 4.98 Å². The van der Waals surface area contributed by atoms with Crippen LogP contribution >= 0.6 is 11.6 Å². The molecule has 10 heteroatoms. The van der Waals surface area contributed by atoms with Crippen molar-refractivity contribution in [2.24, 2.45) is 0 Å². The number of aromatic amines is 1. The van der Waals surface area contributed by atoms with Gasteiger partial charge in [-0.15, -0.1) is 5.10 Å². The number of carbonyl (C=O) groups excluding carboxylic acids is 2. The maximum Gasteiger partial charge on any atom is 0.255 e. The van der Waals surface area contributed by atoms with Gasteiger partial charge in [0.25, 0.3) is 5.91 Å². The lowest BCUT2D eigenvalue weighted by atomic mass is 9.92. The van der Waals surface area contributed by atoms with Crippen molar-refractivity contribution in [3.8, 4) is 17.1 Å². The number of hydrogen-bond acceptors (Lipinski definition) is 5. The lowest BCUT2D eigenvalue weighted by molar-refractivity contribution is -0.114. The number of fused-ring (bicyclic) bond motifs is 1. The third-order valence-corrected chi connectivity index (χ3v) is 5.50. The van der Waals surface area contributed by atoms with Gasteiger partial charge in [0, 0.05) is 29.2 Å². The first kappa shape index (κ1) is 23.3. The predicted octanol–water partition coefficient (Wildman–Crippen LogP) is 4.89. The molecule has 9 nitrogen and oxygen atoms in total. The average Bonchev–Trinajstić information content (AvgIpc) is 3.33. The fraction of sp³-hybridized carbons (Fsp3) is 0.250. The zero-order valence-corrected chi connectivity index (χ0v) is 20.2. The molecule has 0 aliphatic heterocycles. The number of amides is 2. The predicted molar refractivity (Wildman–Crippen MR) is 132 cm³/mol. The van der Waals surface area contributed by atoms with Crippen LogP contribution in [-0.4, -0.2) is 38.7 Å². The lowest BCUT2D eigenvalue weighted by Crippen LogP contribution is -2.14. The maximum absolute atomic E-state index is 12.9. The summed E-state index contributed by atoms with van der Waals surface area (Å²) >= 11 is 6.54. The summed E-state index contributed by atoms with van der Waals surface area (Å²) in [5.41, 5.74) is 3.23. The minimum Gasteiger partial charge on any atom is -0.495 e. The van der Waals surface area contributed by atoms with Crippen LogP contribution in [0.3, 0.4) is 0 Å². The number of carbonyl (C=O) groups is 2. The molecule has 3 N–H and O–H groups in total. The molecule has 0 unspecified atom stereocenters. The number of H-pyrrole nitrogens is 1. The summed E-state index contributed by atoms with van der Waals surface area (Å²) in [6, 6.07) is 11.9.